The molecule has 0 spiro atoms. The van der Waals surface area contributed by atoms with Gasteiger partial charge in [-0.05, 0) is 51.6 Å². The average molecular weight is 267 g/mol. The van der Waals surface area contributed by atoms with E-state index in [0.717, 1.165) is 38.8 Å². The van der Waals surface area contributed by atoms with Crippen LogP contribution in [0.1, 0.15) is 39.0 Å². The van der Waals surface area contributed by atoms with Gasteiger partial charge in [-0.1, -0.05) is 0 Å². The molecule has 0 aromatic carbocycles. The van der Waals surface area contributed by atoms with Gasteiger partial charge >= 0.3 is 0 Å². The first-order valence-corrected chi connectivity index (χ1v) is 7.37. The number of piperidine rings is 2. The number of primary amides is 1. The van der Waals surface area contributed by atoms with Crippen molar-refractivity contribution in [3.05, 3.63) is 0 Å². The van der Waals surface area contributed by atoms with Gasteiger partial charge in [-0.25, -0.2) is 0 Å². The SMILES string of the molecule is CC1CCC(C(N)=O)CN1C(=O)CC1CCCNC1. The number of hydrogen-bond donors (Lipinski definition) is 2. The van der Waals surface area contributed by atoms with Crippen LogP contribution in [0, 0.1) is 11.8 Å². The average Bonchev–Trinajstić information content (AvgIpc) is 2.40. The highest BCUT2D eigenvalue weighted by Gasteiger charge is 2.32. The van der Waals surface area contributed by atoms with E-state index < -0.39 is 0 Å². The van der Waals surface area contributed by atoms with Gasteiger partial charge in [0.15, 0.2) is 0 Å². The molecule has 3 atom stereocenters. The molecule has 0 saturated carbocycles. The lowest BCUT2D eigenvalue weighted by molar-refractivity contribution is -0.138. The van der Waals surface area contributed by atoms with E-state index in [4.69, 9.17) is 5.73 Å². The van der Waals surface area contributed by atoms with Crippen molar-refractivity contribution in [1.29, 1.82) is 0 Å². The van der Waals surface area contributed by atoms with Crippen molar-refractivity contribution in [3.63, 3.8) is 0 Å². The summed E-state index contributed by atoms with van der Waals surface area (Å²) in [4.78, 5) is 25.6. The summed E-state index contributed by atoms with van der Waals surface area (Å²) in [6.45, 7) is 4.57. The van der Waals surface area contributed by atoms with Gasteiger partial charge in [0.1, 0.15) is 0 Å². The normalized spacial score (nSPS) is 32.1. The second-order valence-corrected chi connectivity index (χ2v) is 5.99. The maximum Gasteiger partial charge on any atom is 0.223 e. The summed E-state index contributed by atoms with van der Waals surface area (Å²) >= 11 is 0. The molecule has 0 radical (unpaired) electrons. The summed E-state index contributed by atoms with van der Waals surface area (Å²) in [5.41, 5.74) is 5.37. The zero-order chi connectivity index (χ0) is 13.8. The van der Waals surface area contributed by atoms with E-state index in [1.165, 1.54) is 0 Å². The molecule has 0 aromatic rings. The minimum absolute atomic E-state index is 0.162. The van der Waals surface area contributed by atoms with Crippen LogP contribution in [0.15, 0.2) is 0 Å². The first kappa shape index (κ1) is 14.3. The molecule has 0 aromatic heterocycles. The number of carbonyl (C=O) groups excluding carboxylic acids is 2. The number of carbonyl (C=O) groups is 2. The molecule has 3 N–H and O–H groups in total. The number of likely N-dealkylation sites (tertiary alicyclic amines) is 1. The Morgan fingerprint density at radius 1 is 1.32 bits per heavy atom. The van der Waals surface area contributed by atoms with Crippen LogP contribution in [0.3, 0.4) is 0 Å². The largest absolute Gasteiger partial charge is 0.369 e. The number of nitrogens with two attached hydrogens (primary N) is 1. The zero-order valence-corrected chi connectivity index (χ0v) is 11.7. The van der Waals surface area contributed by atoms with Crippen LogP contribution in [0.5, 0.6) is 0 Å². The Morgan fingerprint density at radius 3 is 2.74 bits per heavy atom. The number of rotatable bonds is 3. The first-order chi connectivity index (χ1) is 9.08. The molecule has 5 heteroatoms. The van der Waals surface area contributed by atoms with E-state index in [2.05, 4.69) is 12.2 Å². The lowest BCUT2D eigenvalue weighted by atomic mass is 9.90. The zero-order valence-electron chi connectivity index (χ0n) is 11.7. The smallest absolute Gasteiger partial charge is 0.223 e. The van der Waals surface area contributed by atoms with Crippen LogP contribution in [0.4, 0.5) is 0 Å². The highest BCUT2D eigenvalue weighted by molar-refractivity contribution is 5.80. The standard InChI is InChI=1S/C14H25N3O2/c1-10-4-5-12(14(15)19)9-17(10)13(18)7-11-3-2-6-16-8-11/h10-12,16H,2-9H2,1H3,(H2,15,19). The van der Waals surface area contributed by atoms with Crippen molar-refractivity contribution in [2.24, 2.45) is 17.6 Å². The number of hydrogen-bond acceptors (Lipinski definition) is 3. The van der Waals surface area contributed by atoms with Crippen molar-refractivity contribution in [3.8, 4) is 0 Å². The molecular formula is C14H25N3O2. The minimum atomic E-state index is -0.274. The van der Waals surface area contributed by atoms with Crippen molar-refractivity contribution >= 4 is 11.8 Å². The van der Waals surface area contributed by atoms with Gasteiger partial charge in [0.05, 0.1) is 5.92 Å². The highest BCUT2D eigenvalue weighted by Crippen LogP contribution is 2.24. The third kappa shape index (κ3) is 3.69. The Balaban J connectivity index is 1.90. The van der Waals surface area contributed by atoms with E-state index in [0.29, 0.717) is 18.9 Å². The third-order valence-corrected chi connectivity index (χ3v) is 4.47. The molecule has 2 fully saturated rings. The molecule has 0 bridgehead atoms. The topological polar surface area (TPSA) is 75.4 Å². The molecule has 2 aliphatic rings. The number of nitrogens with one attached hydrogen (secondary N) is 1. The van der Waals surface area contributed by atoms with Crippen LogP contribution in [0.25, 0.3) is 0 Å². The molecule has 2 heterocycles. The summed E-state index contributed by atoms with van der Waals surface area (Å²) in [7, 11) is 0. The summed E-state index contributed by atoms with van der Waals surface area (Å²) in [6.07, 6.45) is 4.56. The van der Waals surface area contributed by atoms with Crippen molar-refractivity contribution < 1.29 is 9.59 Å². The van der Waals surface area contributed by atoms with Crippen molar-refractivity contribution in [1.82, 2.24) is 10.2 Å². The first-order valence-electron chi connectivity index (χ1n) is 7.37. The molecular weight excluding hydrogens is 242 g/mol. The predicted octanol–water partition coefficient (Wildman–Crippen LogP) is 0.489. The summed E-state index contributed by atoms with van der Waals surface area (Å²) in [6, 6.07) is 0.236. The van der Waals surface area contributed by atoms with E-state index in [1.54, 1.807) is 0 Å². The van der Waals surface area contributed by atoms with Gasteiger partial charge in [0, 0.05) is 19.0 Å². The number of nitrogens with zero attached hydrogens (tertiary/aromatic N) is 1. The van der Waals surface area contributed by atoms with Gasteiger partial charge in [-0.3, -0.25) is 9.59 Å². The second kappa shape index (κ2) is 6.37. The Labute approximate surface area is 114 Å². The lowest BCUT2D eigenvalue weighted by Gasteiger charge is -2.38. The van der Waals surface area contributed by atoms with Gasteiger partial charge in [-0.2, -0.15) is 0 Å². The van der Waals surface area contributed by atoms with Crippen LogP contribution in [0.2, 0.25) is 0 Å². The number of amides is 2. The third-order valence-electron chi connectivity index (χ3n) is 4.47. The molecule has 3 unspecified atom stereocenters. The fourth-order valence-corrected chi connectivity index (χ4v) is 3.15. The lowest BCUT2D eigenvalue weighted by Crippen LogP contribution is -2.49. The Hall–Kier alpha value is -1.10. The predicted molar refractivity (Wildman–Crippen MR) is 73.3 cm³/mol. The van der Waals surface area contributed by atoms with Crippen LogP contribution in [-0.2, 0) is 9.59 Å². The van der Waals surface area contributed by atoms with Gasteiger partial charge in [0.2, 0.25) is 11.8 Å². The molecule has 19 heavy (non-hydrogen) atoms. The Bertz CT molecular complexity index is 340. The summed E-state index contributed by atoms with van der Waals surface area (Å²) in [5, 5.41) is 3.34. The maximum atomic E-state index is 12.4. The molecule has 108 valence electrons. The fourth-order valence-electron chi connectivity index (χ4n) is 3.15. The quantitative estimate of drug-likeness (QED) is 0.781. The molecule has 2 saturated heterocycles. The molecule has 2 rings (SSSR count). The van der Waals surface area contributed by atoms with Crippen LogP contribution >= 0.6 is 0 Å². The van der Waals surface area contributed by atoms with Crippen LogP contribution in [-0.4, -0.2) is 42.4 Å². The van der Waals surface area contributed by atoms with E-state index in [9.17, 15) is 9.59 Å². The summed E-state index contributed by atoms with van der Waals surface area (Å²) < 4.78 is 0. The monoisotopic (exact) mass is 267 g/mol. The second-order valence-electron chi connectivity index (χ2n) is 5.99. The van der Waals surface area contributed by atoms with Crippen molar-refractivity contribution in [2.45, 2.75) is 45.1 Å². The van der Waals surface area contributed by atoms with E-state index in [-0.39, 0.29) is 23.8 Å². The van der Waals surface area contributed by atoms with E-state index in [1.807, 2.05) is 4.90 Å². The summed E-state index contributed by atoms with van der Waals surface area (Å²) in [5.74, 6) is 0.197. The van der Waals surface area contributed by atoms with Crippen LogP contribution < -0.4 is 11.1 Å². The minimum Gasteiger partial charge on any atom is -0.369 e. The Kier molecular flexibility index (Phi) is 4.80. The van der Waals surface area contributed by atoms with Gasteiger partial charge < -0.3 is 16.0 Å². The van der Waals surface area contributed by atoms with Crippen molar-refractivity contribution in [2.75, 3.05) is 19.6 Å². The van der Waals surface area contributed by atoms with Gasteiger partial charge in [0.25, 0.3) is 0 Å². The molecule has 2 amide bonds. The highest BCUT2D eigenvalue weighted by atomic mass is 16.2. The molecule has 0 aliphatic carbocycles. The Morgan fingerprint density at radius 2 is 2.11 bits per heavy atom. The van der Waals surface area contributed by atoms with E-state index >= 15 is 0 Å². The fraction of sp³-hybridized carbons (Fsp3) is 0.857. The maximum absolute atomic E-state index is 12.4. The molecule has 2 aliphatic heterocycles. The molecule has 5 nitrogen and oxygen atoms in total. The van der Waals surface area contributed by atoms with Gasteiger partial charge in [-0.15, -0.1) is 0 Å².